The number of rotatable bonds is 11. The molecule has 0 bridgehead atoms. The topological polar surface area (TPSA) is 160 Å². The largest absolute Gasteiger partial charge is 0.477 e. The highest BCUT2D eigenvalue weighted by Crippen LogP contribution is 2.40. The van der Waals surface area contributed by atoms with Gasteiger partial charge in [-0.2, -0.15) is 9.36 Å². The molecular formula is C20H28N7O5S3+. The Balaban J connectivity index is 1.71. The van der Waals surface area contributed by atoms with Crippen LogP contribution in [0.25, 0.3) is 0 Å². The summed E-state index contributed by atoms with van der Waals surface area (Å²) in [5, 5.41) is 17.6. The first-order chi connectivity index (χ1) is 16.5. The number of thioether (sulfide) groups is 2. The maximum atomic E-state index is 12.9. The number of amides is 2. The number of nitrogen functional groups attached to an aromatic ring is 1. The molecule has 1 saturated heterocycles. The molecule has 4 N–H and O–H groups in total. The van der Waals surface area contributed by atoms with E-state index in [1.54, 1.807) is 24.8 Å². The van der Waals surface area contributed by atoms with Crippen molar-refractivity contribution in [2.75, 3.05) is 51.5 Å². The first kappa shape index (κ1) is 27.0. The van der Waals surface area contributed by atoms with Crippen LogP contribution in [0.3, 0.4) is 0 Å². The standard InChI is InChI=1S/C20H27N7O5S3/c1-5-32-24-12(15-23-20(21)35-25-15)16(28)22-13-17(29)26-14(19(30)31)11(10-34-18(13)26)6-8-33-9-7-27(2,3)4/h6,8,13,18H,5,7,9-10H2,1-4H3,(H3-,21,22,23,25,28,30,31)/p+1/t13?,18-/m0/s1. The van der Waals surface area contributed by atoms with Crippen molar-refractivity contribution >= 4 is 63.7 Å². The summed E-state index contributed by atoms with van der Waals surface area (Å²) in [5.41, 5.74) is 5.88. The number of carboxylic acids is 1. The summed E-state index contributed by atoms with van der Waals surface area (Å²) in [6.45, 7) is 2.87. The van der Waals surface area contributed by atoms with Gasteiger partial charge in [-0.1, -0.05) is 5.16 Å². The van der Waals surface area contributed by atoms with Crippen molar-refractivity contribution in [1.29, 1.82) is 0 Å². The second-order valence-electron chi connectivity index (χ2n) is 8.54. The van der Waals surface area contributed by atoms with Crippen LogP contribution < -0.4 is 11.1 Å². The zero-order valence-electron chi connectivity index (χ0n) is 19.8. The molecule has 2 atom stereocenters. The number of anilines is 1. The summed E-state index contributed by atoms with van der Waals surface area (Å²) in [7, 11) is 6.31. The van der Waals surface area contributed by atoms with Crippen molar-refractivity contribution in [2.24, 2.45) is 5.16 Å². The summed E-state index contributed by atoms with van der Waals surface area (Å²) in [6, 6.07) is -0.922. The van der Waals surface area contributed by atoms with E-state index in [1.165, 1.54) is 16.7 Å². The Labute approximate surface area is 215 Å². The summed E-state index contributed by atoms with van der Waals surface area (Å²) >= 11 is 3.86. The van der Waals surface area contributed by atoms with E-state index in [0.29, 0.717) is 11.3 Å². The molecule has 3 heterocycles. The Kier molecular flexibility index (Phi) is 8.79. The Morgan fingerprint density at radius 3 is 2.77 bits per heavy atom. The minimum Gasteiger partial charge on any atom is -0.477 e. The number of hydrogen-bond donors (Lipinski definition) is 3. The molecule has 0 aliphatic carbocycles. The number of nitrogens with zero attached hydrogens (tertiary/aromatic N) is 5. The molecule has 15 heteroatoms. The van der Waals surface area contributed by atoms with Crippen molar-refractivity contribution in [3.63, 3.8) is 0 Å². The number of fused-ring (bicyclic) bond motifs is 1. The van der Waals surface area contributed by atoms with Gasteiger partial charge in [-0.15, -0.1) is 23.5 Å². The lowest BCUT2D eigenvalue weighted by Crippen LogP contribution is -2.71. The first-order valence-electron chi connectivity index (χ1n) is 10.6. The maximum Gasteiger partial charge on any atom is 0.352 e. The van der Waals surface area contributed by atoms with Gasteiger partial charge in [0.1, 0.15) is 23.7 Å². The van der Waals surface area contributed by atoms with Gasteiger partial charge in [-0.3, -0.25) is 14.5 Å². The van der Waals surface area contributed by atoms with E-state index in [0.717, 1.165) is 28.3 Å². The normalized spacial score (nSPS) is 20.6. The minimum atomic E-state index is -1.19. The number of carbonyl (C=O) groups is 3. The Bertz CT molecular complexity index is 1080. The lowest BCUT2D eigenvalue weighted by Gasteiger charge is -2.49. The van der Waals surface area contributed by atoms with Crippen LogP contribution in [0.5, 0.6) is 0 Å². The van der Waals surface area contributed by atoms with Crippen LogP contribution in [0, 0.1) is 0 Å². The zero-order valence-corrected chi connectivity index (χ0v) is 22.2. The van der Waals surface area contributed by atoms with Gasteiger partial charge >= 0.3 is 5.97 Å². The molecule has 0 radical (unpaired) electrons. The third-order valence-electron chi connectivity index (χ3n) is 4.89. The number of β-lactam (4-membered cyclic amide) rings is 1. The molecule has 0 aromatic carbocycles. The van der Waals surface area contributed by atoms with Gasteiger partial charge in [-0.05, 0) is 24.0 Å². The number of nitrogens with two attached hydrogens (primary N) is 1. The van der Waals surface area contributed by atoms with Gasteiger partial charge in [0.25, 0.3) is 11.8 Å². The SMILES string of the molecule is CCON=C(C(=O)NC1C(=O)N2C(C(=O)O)=C(C=CSCC[N+](C)(C)C)CS[C@@H]12)c1nsc(N)n1. The monoisotopic (exact) mass is 542 g/mol. The number of nitrogens with one attached hydrogen (secondary N) is 1. The van der Waals surface area contributed by atoms with Crippen molar-refractivity contribution in [3.8, 4) is 0 Å². The number of aromatic nitrogens is 2. The van der Waals surface area contributed by atoms with Crippen LogP contribution in [0.4, 0.5) is 5.13 Å². The molecule has 0 saturated carbocycles. The van der Waals surface area contributed by atoms with E-state index in [4.69, 9.17) is 10.6 Å². The molecule has 1 aromatic rings. The van der Waals surface area contributed by atoms with Crippen molar-refractivity contribution < 1.29 is 28.8 Å². The third kappa shape index (κ3) is 6.54. The van der Waals surface area contributed by atoms with Crippen LogP contribution in [0.1, 0.15) is 12.7 Å². The highest BCUT2D eigenvalue weighted by atomic mass is 32.2. The first-order valence-corrected chi connectivity index (χ1v) is 13.5. The molecule has 2 amide bonds. The third-order valence-corrected chi connectivity index (χ3v) is 7.48. The van der Waals surface area contributed by atoms with Gasteiger partial charge in [0.2, 0.25) is 11.5 Å². The molecule has 1 unspecified atom stereocenters. The average Bonchev–Trinajstić information content (AvgIpc) is 3.21. The van der Waals surface area contributed by atoms with E-state index in [9.17, 15) is 19.5 Å². The Morgan fingerprint density at radius 1 is 1.43 bits per heavy atom. The minimum absolute atomic E-state index is 0.0142. The number of carbonyl (C=O) groups excluding carboxylic acids is 2. The molecular weight excluding hydrogens is 514 g/mol. The Hall–Kier alpha value is -2.62. The fourth-order valence-corrected chi connectivity index (χ4v) is 5.95. The molecule has 190 valence electrons. The van der Waals surface area contributed by atoms with E-state index in [-0.39, 0.29) is 29.0 Å². The predicted molar refractivity (Wildman–Crippen MR) is 137 cm³/mol. The molecule has 35 heavy (non-hydrogen) atoms. The summed E-state index contributed by atoms with van der Waals surface area (Å²) in [4.78, 5) is 48.0. The van der Waals surface area contributed by atoms with Gasteiger partial charge in [0.05, 0.1) is 27.7 Å². The van der Waals surface area contributed by atoms with Gasteiger partial charge in [-0.25, -0.2) is 4.79 Å². The number of aliphatic carboxylic acids is 1. The fourth-order valence-electron chi connectivity index (χ4n) is 3.15. The highest BCUT2D eigenvalue weighted by Gasteiger charge is 2.54. The van der Waals surface area contributed by atoms with Crippen LogP contribution in [-0.4, -0.2) is 105 Å². The molecule has 3 rings (SSSR count). The van der Waals surface area contributed by atoms with Crippen molar-refractivity contribution in [3.05, 3.63) is 28.6 Å². The molecule has 0 spiro atoms. The number of carboxylic acid groups (broad SMARTS) is 1. The van der Waals surface area contributed by atoms with Crippen LogP contribution in [0.15, 0.2) is 27.9 Å². The number of quaternary nitrogens is 1. The second-order valence-corrected chi connectivity index (χ2v) is 11.4. The summed E-state index contributed by atoms with van der Waals surface area (Å²) in [6.07, 6.45) is 1.75. The number of allylic oxidation sites excluding steroid dienone is 1. The second kappa shape index (κ2) is 11.4. The van der Waals surface area contributed by atoms with Gasteiger partial charge in [0.15, 0.2) is 5.13 Å². The number of hydrogen-bond acceptors (Lipinski definition) is 11. The van der Waals surface area contributed by atoms with E-state index < -0.39 is 29.2 Å². The van der Waals surface area contributed by atoms with E-state index >= 15 is 0 Å². The predicted octanol–water partition coefficient (Wildman–Crippen LogP) is 0.553. The maximum absolute atomic E-state index is 12.9. The molecule has 1 aromatic heterocycles. The van der Waals surface area contributed by atoms with E-state index in [1.807, 2.05) is 5.41 Å². The molecule has 1 fully saturated rings. The van der Waals surface area contributed by atoms with Crippen LogP contribution in [-0.2, 0) is 19.2 Å². The van der Waals surface area contributed by atoms with Gasteiger partial charge < -0.3 is 25.5 Å². The van der Waals surface area contributed by atoms with Crippen molar-refractivity contribution in [1.82, 2.24) is 19.6 Å². The van der Waals surface area contributed by atoms with Crippen molar-refractivity contribution in [2.45, 2.75) is 18.3 Å². The highest BCUT2D eigenvalue weighted by molar-refractivity contribution is 8.02. The lowest BCUT2D eigenvalue weighted by molar-refractivity contribution is -0.867. The quantitative estimate of drug-likeness (QED) is 0.118. The fraction of sp³-hybridized carbons (Fsp3) is 0.500. The smallest absolute Gasteiger partial charge is 0.352 e. The number of oxime groups is 1. The van der Waals surface area contributed by atoms with Crippen LogP contribution >= 0.6 is 35.1 Å². The molecule has 2 aliphatic rings. The van der Waals surface area contributed by atoms with Gasteiger partial charge in [0, 0.05) is 23.0 Å². The molecule has 2 aliphatic heterocycles. The average molecular weight is 543 g/mol. The lowest BCUT2D eigenvalue weighted by atomic mass is 10.0. The summed E-state index contributed by atoms with van der Waals surface area (Å²) < 4.78 is 4.81. The summed E-state index contributed by atoms with van der Waals surface area (Å²) in [5.74, 6) is -1.16. The Morgan fingerprint density at radius 2 is 2.17 bits per heavy atom. The van der Waals surface area contributed by atoms with Crippen LogP contribution in [0.2, 0.25) is 0 Å². The zero-order chi connectivity index (χ0) is 25.8. The van der Waals surface area contributed by atoms with E-state index in [2.05, 4.69) is 41.0 Å². The molecule has 12 nitrogen and oxygen atoms in total.